The van der Waals surface area contributed by atoms with Crippen LogP contribution < -0.4 is 14.8 Å². The second-order valence-corrected chi connectivity index (χ2v) is 6.64. The largest absolute Gasteiger partial charge is 0.493 e. The number of carbonyl (C=O) groups is 1. The van der Waals surface area contributed by atoms with Crippen molar-refractivity contribution in [1.29, 1.82) is 0 Å². The van der Waals surface area contributed by atoms with E-state index in [-0.39, 0.29) is 17.8 Å². The molecule has 1 amide bonds. The summed E-state index contributed by atoms with van der Waals surface area (Å²) in [7, 11) is 3.08. The Morgan fingerprint density at radius 1 is 1.12 bits per heavy atom. The molecular weight excluding hydrogens is 333 g/mol. The summed E-state index contributed by atoms with van der Waals surface area (Å²) in [5.41, 5.74) is 1.57. The lowest BCUT2D eigenvalue weighted by Crippen LogP contribution is -2.38. The van der Waals surface area contributed by atoms with Crippen molar-refractivity contribution in [3.05, 3.63) is 59.4 Å². The molecule has 1 fully saturated rings. The average molecular weight is 357 g/mol. The number of hydrogen-bond acceptors (Lipinski definition) is 3. The molecule has 26 heavy (non-hydrogen) atoms. The topological polar surface area (TPSA) is 47.6 Å². The lowest BCUT2D eigenvalue weighted by Gasteiger charge is -2.22. The van der Waals surface area contributed by atoms with E-state index in [0.717, 1.165) is 31.2 Å². The van der Waals surface area contributed by atoms with Crippen LogP contribution in [0.1, 0.15) is 35.2 Å². The van der Waals surface area contributed by atoms with Crippen LogP contribution >= 0.6 is 0 Å². The number of hydrogen-bond donors (Lipinski definition) is 1. The van der Waals surface area contributed by atoms with Gasteiger partial charge in [-0.2, -0.15) is 0 Å². The number of nitrogens with one attached hydrogen (secondary N) is 1. The normalized spacial score (nSPS) is 19.2. The highest BCUT2D eigenvalue weighted by Gasteiger charge is 2.30. The van der Waals surface area contributed by atoms with Crippen LogP contribution in [0, 0.1) is 11.7 Å². The van der Waals surface area contributed by atoms with Crippen LogP contribution in [0.5, 0.6) is 11.5 Å². The third-order valence-corrected chi connectivity index (χ3v) is 5.03. The Kier molecular flexibility index (Phi) is 5.76. The minimum absolute atomic E-state index is 0.100. The van der Waals surface area contributed by atoms with Crippen molar-refractivity contribution in [2.24, 2.45) is 5.92 Å². The van der Waals surface area contributed by atoms with Gasteiger partial charge in [0.1, 0.15) is 5.82 Å². The first kappa shape index (κ1) is 18.2. The zero-order chi connectivity index (χ0) is 18.5. The first-order chi connectivity index (χ1) is 12.6. The number of rotatable bonds is 6. The molecule has 2 atom stereocenters. The van der Waals surface area contributed by atoms with Crippen molar-refractivity contribution in [2.45, 2.75) is 31.7 Å². The van der Waals surface area contributed by atoms with Gasteiger partial charge in [0, 0.05) is 6.04 Å². The van der Waals surface area contributed by atoms with E-state index in [2.05, 4.69) is 5.32 Å². The second-order valence-electron chi connectivity index (χ2n) is 6.64. The molecule has 0 saturated heterocycles. The van der Waals surface area contributed by atoms with Gasteiger partial charge in [0.15, 0.2) is 11.5 Å². The highest BCUT2D eigenvalue weighted by Crippen LogP contribution is 2.32. The minimum atomic E-state index is -0.227. The Morgan fingerprint density at radius 3 is 2.58 bits per heavy atom. The Morgan fingerprint density at radius 2 is 1.88 bits per heavy atom. The fraction of sp³-hybridized carbons (Fsp3) is 0.381. The summed E-state index contributed by atoms with van der Waals surface area (Å²) >= 11 is 0. The van der Waals surface area contributed by atoms with E-state index in [9.17, 15) is 9.18 Å². The fourth-order valence-electron chi connectivity index (χ4n) is 3.71. The van der Waals surface area contributed by atoms with E-state index in [1.54, 1.807) is 25.3 Å². The molecular formula is C21H24FNO3. The van der Waals surface area contributed by atoms with E-state index in [1.165, 1.54) is 19.2 Å². The molecule has 138 valence electrons. The minimum Gasteiger partial charge on any atom is -0.493 e. The van der Waals surface area contributed by atoms with Crippen LogP contribution in [0.15, 0.2) is 42.5 Å². The van der Waals surface area contributed by atoms with Gasteiger partial charge in [-0.1, -0.05) is 24.6 Å². The van der Waals surface area contributed by atoms with E-state index in [1.807, 2.05) is 12.1 Å². The van der Waals surface area contributed by atoms with Crippen LogP contribution in [0.25, 0.3) is 0 Å². The van der Waals surface area contributed by atoms with Gasteiger partial charge in [0.2, 0.25) is 0 Å². The van der Waals surface area contributed by atoms with E-state index < -0.39 is 0 Å². The molecule has 0 aliphatic heterocycles. The van der Waals surface area contributed by atoms with Gasteiger partial charge in [-0.05, 0) is 55.0 Å². The molecule has 1 saturated carbocycles. The van der Waals surface area contributed by atoms with Crippen molar-refractivity contribution >= 4 is 5.91 Å². The third kappa shape index (κ3) is 3.98. The van der Waals surface area contributed by atoms with E-state index in [0.29, 0.717) is 23.0 Å². The summed E-state index contributed by atoms with van der Waals surface area (Å²) in [6.07, 6.45) is 3.91. The molecule has 2 aromatic carbocycles. The molecule has 5 heteroatoms. The van der Waals surface area contributed by atoms with Gasteiger partial charge in [-0.3, -0.25) is 4.79 Å². The second kappa shape index (κ2) is 8.21. The van der Waals surface area contributed by atoms with Crippen molar-refractivity contribution in [3.8, 4) is 11.5 Å². The number of para-hydroxylation sites is 1. The van der Waals surface area contributed by atoms with E-state index >= 15 is 0 Å². The number of methoxy groups -OCH3 is 2. The Bertz CT molecular complexity index is 760. The van der Waals surface area contributed by atoms with Crippen LogP contribution in [0.3, 0.4) is 0 Å². The smallest absolute Gasteiger partial charge is 0.255 e. The number of carbonyl (C=O) groups excluding carboxylic acids is 1. The SMILES string of the molecule is COc1cccc(C(=O)N[C@H]2CCC[C@H]2Cc2ccc(F)cc2)c1OC. The van der Waals surface area contributed by atoms with Gasteiger partial charge in [0.05, 0.1) is 19.8 Å². The molecule has 0 aromatic heterocycles. The quantitative estimate of drug-likeness (QED) is 0.850. The van der Waals surface area contributed by atoms with Crippen LogP contribution in [0.2, 0.25) is 0 Å². The van der Waals surface area contributed by atoms with Gasteiger partial charge in [0.25, 0.3) is 5.91 Å². The van der Waals surface area contributed by atoms with Crippen molar-refractivity contribution in [3.63, 3.8) is 0 Å². The molecule has 1 aliphatic rings. The van der Waals surface area contributed by atoms with Gasteiger partial charge in [-0.15, -0.1) is 0 Å². The maximum absolute atomic E-state index is 13.1. The van der Waals surface area contributed by atoms with E-state index in [4.69, 9.17) is 9.47 Å². The monoisotopic (exact) mass is 357 g/mol. The molecule has 3 rings (SSSR count). The maximum Gasteiger partial charge on any atom is 0.255 e. The molecule has 0 radical (unpaired) electrons. The molecule has 1 aliphatic carbocycles. The summed E-state index contributed by atoms with van der Waals surface area (Å²) < 4.78 is 23.7. The van der Waals surface area contributed by atoms with Crippen LogP contribution in [-0.2, 0) is 6.42 Å². The lowest BCUT2D eigenvalue weighted by molar-refractivity contribution is 0.0924. The Hall–Kier alpha value is -2.56. The predicted molar refractivity (Wildman–Crippen MR) is 98.2 cm³/mol. The zero-order valence-corrected chi connectivity index (χ0v) is 15.1. The van der Waals surface area contributed by atoms with Gasteiger partial charge >= 0.3 is 0 Å². The average Bonchev–Trinajstić information content (AvgIpc) is 3.09. The highest BCUT2D eigenvalue weighted by molar-refractivity contribution is 5.98. The maximum atomic E-state index is 13.1. The van der Waals surface area contributed by atoms with Gasteiger partial charge < -0.3 is 14.8 Å². The number of ether oxygens (including phenoxy) is 2. The lowest BCUT2D eigenvalue weighted by atomic mass is 9.94. The molecule has 0 heterocycles. The van der Waals surface area contributed by atoms with Gasteiger partial charge in [-0.25, -0.2) is 4.39 Å². The number of amides is 1. The number of halogens is 1. The van der Waals surface area contributed by atoms with Crippen molar-refractivity contribution in [1.82, 2.24) is 5.32 Å². The molecule has 4 nitrogen and oxygen atoms in total. The molecule has 1 N–H and O–H groups in total. The molecule has 0 unspecified atom stereocenters. The van der Waals surface area contributed by atoms with Crippen molar-refractivity contribution in [2.75, 3.05) is 14.2 Å². The Balaban J connectivity index is 1.71. The standard InChI is InChI=1S/C21H24FNO3/c1-25-19-8-4-6-17(20(19)26-2)21(24)23-18-7-3-5-15(18)13-14-9-11-16(22)12-10-14/h4,6,8-12,15,18H,3,5,7,13H2,1-2H3,(H,23,24)/t15-,18-/m0/s1. The predicted octanol–water partition coefficient (Wildman–Crippen LogP) is 3.98. The van der Waals surface area contributed by atoms with Crippen LogP contribution in [0.4, 0.5) is 4.39 Å². The first-order valence-electron chi connectivity index (χ1n) is 8.88. The third-order valence-electron chi connectivity index (χ3n) is 5.03. The first-order valence-corrected chi connectivity index (χ1v) is 8.88. The fourth-order valence-corrected chi connectivity index (χ4v) is 3.71. The summed E-state index contributed by atoms with van der Waals surface area (Å²) in [4.78, 5) is 12.8. The summed E-state index contributed by atoms with van der Waals surface area (Å²) in [6, 6.07) is 12.0. The Labute approximate surface area is 153 Å². The summed E-state index contributed by atoms with van der Waals surface area (Å²) in [5.74, 6) is 0.947. The number of benzene rings is 2. The summed E-state index contributed by atoms with van der Waals surface area (Å²) in [6.45, 7) is 0. The molecule has 2 aromatic rings. The zero-order valence-electron chi connectivity index (χ0n) is 15.1. The van der Waals surface area contributed by atoms with Crippen LogP contribution in [-0.4, -0.2) is 26.2 Å². The molecule has 0 bridgehead atoms. The highest BCUT2D eigenvalue weighted by atomic mass is 19.1. The molecule has 0 spiro atoms. The summed E-state index contributed by atoms with van der Waals surface area (Å²) in [5, 5.41) is 3.15. The van der Waals surface area contributed by atoms with Crippen molar-refractivity contribution < 1.29 is 18.7 Å².